The Kier molecular flexibility index (Phi) is 4.58. The molecule has 0 atom stereocenters. The highest BCUT2D eigenvalue weighted by molar-refractivity contribution is 5.23. The molecule has 1 fully saturated rings. The van der Waals surface area contributed by atoms with Gasteiger partial charge in [-0.15, -0.1) is 5.10 Å². The van der Waals surface area contributed by atoms with Crippen LogP contribution in [0.2, 0.25) is 0 Å². The van der Waals surface area contributed by atoms with E-state index < -0.39 is 0 Å². The van der Waals surface area contributed by atoms with Gasteiger partial charge in [0.05, 0.1) is 6.54 Å². The maximum atomic E-state index is 5.60. The fourth-order valence-electron chi connectivity index (χ4n) is 2.46. The predicted octanol–water partition coefficient (Wildman–Crippen LogP) is 2.70. The van der Waals surface area contributed by atoms with E-state index in [1.807, 2.05) is 0 Å². The highest BCUT2D eigenvalue weighted by Gasteiger charge is 2.28. The summed E-state index contributed by atoms with van der Waals surface area (Å²) < 4.78 is 5.60. The molecule has 2 rings (SSSR count). The third kappa shape index (κ3) is 3.70. The molecule has 0 aliphatic heterocycles. The minimum atomic E-state index is 0.124. The molecule has 1 aliphatic rings. The van der Waals surface area contributed by atoms with Gasteiger partial charge in [-0.05, 0) is 32.7 Å². The molecule has 1 aromatic rings. The molecule has 0 bridgehead atoms. The number of nitrogens with one attached hydrogen (secondary N) is 2. The Morgan fingerprint density at radius 3 is 2.72 bits per heavy atom. The molecule has 102 valence electrons. The predicted molar refractivity (Wildman–Crippen MR) is 71.4 cm³/mol. The molecule has 2 N–H and O–H groups in total. The molecule has 0 saturated heterocycles. The van der Waals surface area contributed by atoms with Crippen LogP contribution in [-0.4, -0.2) is 22.3 Å². The summed E-state index contributed by atoms with van der Waals surface area (Å²) in [5.74, 6) is 0.658. The van der Waals surface area contributed by atoms with Gasteiger partial charge in [0.15, 0.2) is 0 Å². The molecule has 1 aromatic heterocycles. The Morgan fingerprint density at radius 1 is 1.22 bits per heavy atom. The van der Waals surface area contributed by atoms with E-state index in [0.717, 1.165) is 13.0 Å². The highest BCUT2D eigenvalue weighted by Crippen LogP contribution is 2.30. The minimum Gasteiger partial charge on any atom is -0.407 e. The molecule has 0 spiro atoms. The largest absolute Gasteiger partial charge is 0.407 e. The number of rotatable bonds is 6. The summed E-state index contributed by atoms with van der Waals surface area (Å²) in [5.41, 5.74) is 0.124. The van der Waals surface area contributed by atoms with Crippen LogP contribution in [0.15, 0.2) is 4.42 Å². The minimum absolute atomic E-state index is 0.124. The average molecular weight is 252 g/mol. The van der Waals surface area contributed by atoms with Gasteiger partial charge in [0.2, 0.25) is 5.89 Å². The average Bonchev–Trinajstić information content (AvgIpc) is 2.77. The second-order valence-corrected chi connectivity index (χ2v) is 5.42. The smallest absolute Gasteiger partial charge is 0.315 e. The van der Waals surface area contributed by atoms with Crippen molar-refractivity contribution in [2.45, 2.75) is 64.5 Å². The zero-order valence-corrected chi connectivity index (χ0v) is 11.5. The molecule has 5 heteroatoms. The molecule has 0 amide bonds. The first-order valence-electron chi connectivity index (χ1n) is 7.03. The van der Waals surface area contributed by atoms with Crippen LogP contribution in [0.25, 0.3) is 0 Å². The Balaban J connectivity index is 1.85. The highest BCUT2D eigenvalue weighted by atomic mass is 16.4. The summed E-state index contributed by atoms with van der Waals surface area (Å²) in [5, 5.41) is 14.8. The van der Waals surface area contributed by atoms with E-state index in [-0.39, 0.29) is 5.54 Å². The standard InChI is InChI=1S/C13H24N4O/c1-3-9-14-10-11-16-17-12(18-11)15-13(2)7-5-4-6-8-13/h14H,3-10H2,1-2H3,(H,15,17). The normalized spacial score (nSPS) is 18.8. The zero-order valence-electron chi connectivity index (χ0n) is 11.5. The molecule has 0 unspecified atom stereocenters. The molecular formula is C13H24N4O. The second-order valence-electron chi connectivity index (χ2n) is 5.42. The van der Waals surface area contributed by atoms with Gasteiger partial charge in [-0.2, -0.15) is 0 Å². The molecule has 5 nitrogen and oxygen atoms in total. The van der Waals surface area contributed by atoms with Gasteiger partial charge < -0.3 is 15.1 Å². The second kappa shape index (κ2) is 6.18. The summed E-state index contributed by atoms with van der Waals surface area (Å²) in [6, 6.07) is 0.563. The lowest BCUT2D eigenvalue weighted by Crippen LogP contribution is -2.36. The lowest BCUT2D eigenvalue weighted by molar-refractivity contribution is 0.338. The van der Waals surface area contributed by atoms with Gasteiger partial charge in [-0.3, -0.25) is 0 Å². The van der Waals surface area contributed by atoms with E-state index in [2.05, 4.69) is 34.7 Å². The molecule has 1 saturated carbocycles. The van der Waals surface area contributed by atoms with Gasteiger partial charge in [0.25, 0.3) is 0 Å². The van der Waals surface area contributed by atoms with Crippen molar-refractivity contribution in [2.75, 3.05) is 11.9 Å². The number of hydrogen-bond acceptors (Lipinski definition) is 5. The number of aromatic nitrogens is 2. The van der Waals surface area contributed by atoms with E-state index in [4.69, 9.17) is 4.42 Å². The quantitative estimate of drug-likeness (QED) is 0.762. The van der Waals surface area contributed by atoms with Gasteiger partial charge >= 0.3 is 6.01 Å². The Bertz CT molecular complexity index is 358. The summed E-state index contributed by atoms with van der Waals surface area (Å²) >= 11 is 0. The number of nitrogens with zero attached hydrogens (tertiary/aromatic N) is 2. The fourth-order valence-corrected chi connectivity index (χ4v) is 2.46. The Morgan fingerprint density at radius 2 is 2.00 bits per heavy atom. The number of hydrogen-bond donors (Lipinski definition) is 2. The fraction of sp³-hybridized carbons (Fsp3) is 0.846. The van der Waals surface area contributed by atoms with Crippen LogP contribution in [0.3, 0.4) is 0 Å². The van der Waals surface area contributed by atoms with Crippen LogP contribution in [0, 0.1) is 0 Å². The van der Waals surface area contributed by atoms with Crippen molar-refractivity contribution >= 4 is 6.01 Å². The molecular weight excluding hydrogens is 228 g/mol. The molecule has 1 heterocycles. The van der Waals surface area contributed by atoms with E-state index in [0.29, 0.717) is 18.5 Å². The SMILES string of the molecule is CCCNCc1nnc(NC2(C)CCCCC2)o1. The lowest BCUT2D eigenvalue weighted by Gasteiger charge is -2.33. The maximum absolute atomic E-state index is 5.60. The van der Waals surface area contributed by atoms with Crippen LogP contribution < -0.4 is 10.6 Å². The van der Waals surface area contributed by atoms with Crippen molar-refractivity contribution in [2.24, 2.45) is 0 Å². The molecule has 0 radical (unpaired) electrons. The summed E-state index contributed by atoms with van der Waals surface area (Å²) in [4.78, 5) is 0. The lowest BCUT2D eigenvalue weighted by atomic mass is 9.83. The van der Waals surface area contributed by atoms with Gasteiger partial charge in [0.1, 0.15) is 0 Å². The van der Waals surface area contributed by atoms with Gasteiger partial charge in [-0.1, -0.05) is 31.3 Å². The first kappa shape index (κ1) is 13.3. The van der Waals surface area contributed by atoms with Crippen molar-refractivity contribution in [3.63, 3.8) is 0 Å². The third-order valence-electron chi connectivity index (χ3n) is 3.54. The van der Waals surface area contributed by atoms with Crippen LogP contribution in [-0.2, 0) is 6.54 Å². The first-order valence-corrected chi connectivity index (χ1v) is 7.03. The monoisotopic (exact) mass is 252 g/mol. The zero-order chi connectivity index (χ0) is 12.8. The van der Waals surface area contributed by atoms with Crippen molar-refractivity contribution in [3.8, 4) is 0 Å². The third-order valence-corrected chi connectivity index (χ3v) is 3.54. The summed E-state index contributed by atoms with van der Waals surface area (Å²) in [6.45, 7) is 6.01. The van der Waals surface area contributed by atoms with Crippen LogP contribution >= 0.6 is 0 Å². The molecule has 1 aliphatic carbocycles. The van der Waals surface area contributed by atoms with E-state index in [1.165, 1.54) is 32.1 Å². The van der Waals surface area contributed by atoms with Crippen molar-refractivity contribution < 1.29 is 4.42 Å². The van der Waals surface area contributed by atoms with E-state index >= 15 is 0 Å². The van der Waals surface area contributed by atoms with Crippen LogP contribution in [0.4, 0.5) is 6.01 Å². The summed E-state index contributed by atoms with van der Waals surface area (Å²) in [6.07, 6.45) is 7.37. The van der Waals surface area contributed by atoms with Crippen LogP contribution in [0.1, 0.15) is 58.3 Å². The summed E-state index contributed by atoms with van der Waals surface area (Å²) in [7, 11) is 0. The molecule has 0 aromatic carbocycles. The number of anilines is 1. The van der Waals surface area contributed by atoms with Crippen molar-refractivity contribution in [1.82, 2.24) is 15.5 Å². The van der Waals surface area contributed by atoms with Gasteiger partial charge in [-0.25, -0.2) is 0 Å². The molecule has 18 heavy (non-hydrogen) atoms. The topological polar surface area (TPSA) is 63.0 Å². The van der Waals surface area contributed by atoms with Gasteiger partial charge in [0, 0.05) is 5.54 Å². The van der Waals surface area contributed by atoms with E-state index in [9.17, 15) is 0 Å². The van der Waals surface area contributed by atoms with E-state index in [1.54, 1.807) is 0 Å². The maximum Gasteiger partial charge on any atom is 0.315 e. The Labute approximate surface area is 109 Å². The van der Waals surface area contributed by atoms with Crippen molar-refractivity contribution in [1.29, 1.82) is 0 Å². The Hall–Kier alpha value is -1.10. The van der Waals surface area contributed by atoms with Crippen molar-refractivity contribution in [3.05, 3.63) is 5.89 Å². The van der Waals surface area contributed by atoms with Crippen LogP contribution in [0.5, 0.6) is 0 Å². The first-order chi connectivity index (χ1) is 8.72.